The fourth-order valence-electron chi connectivity index (χ4n) is 2.65. The number of rotatable bonds is 5. The first-order valence-electron chi connectivity index (χ1n) is 8.18. The zero-order chi connectivity index (χ0) is 19.2. The summed E-state index contributed by atoms with van der Waals surface area (Å²) in [5.74, 6) is -0.685. The highest BCUT2D eigenvalue weighted by molar-refractivity contribution is 6.31. The minimum Gasteiger partial charge on any atom is -0.465 e. The van der Waals surface area contributed by atoms with Crippen molar-refractivity contribution in [3.63, 3.8) is 0 Å². The van der Waals surface area contributed by atoms with E-state index in [9.17, 15) is 10.1 Å². The summed E-state index contributed by atoms with van der Waals surface area (Å²) in [6, 6.07) is 19.0. The van der Waals surface area contributed by atoms with Gasteiger partial charge in [0.15, 0.2) is 0 Å². The van der Waals surface area contributed by atoms with Gasteiger partial charge in [0.1, 0.15) is 11.6 Å². The van der Waals surface area contributed by atoms with E-state index in [2.05, 4.69) is 9.84 Å². The Hall–Kier alpha value is -3.36. The molecule has 2 aromatic carbocycles. The first-order valence-corrected chi connectivity index (χ1v) is 8.56. The lowest BCUT2D eigenvalue weighted by Gasteiger charge is -2.04. The minimum absolute atomic E-state index is 0.0908. The zero-order valence-electron chi connectivity index (χ0n) is 14.6. The summed E-state index contributed by atoms with van der Waals surface area (Å²) in [6.07, 6.45) is 3.27. The summed E-state index contributed by atoms with van der Waals surface area (Å²) in [5.41, 5.74) is 3.02. The number of esters is 1. The third kappa shape index (κ3) is 4.25. The van der Waals surface area contributed by atoms with Crippen LogP contribution in [0.25, 0.3) is 17.3 Å². The van der Waals surface area contributed by atoms with E-state index in [0.717, 1.165) is 11.1 Å². The van der Waals surface area contributed by atoms with E-state index in [-0.39, 0.29) is 5.57 Å². The standard InChI is InChI=1S/C21H16ClN3O2/c1-27-21(26)17(12-23)11-18-14-25(13-16-9-5-6-10-19(16)22)24-20(18)15-7-3-2-4-8-15/h2-11,14H,13H2,1H3/b17-11+. The normalized spacial score (nSPS) is 11.1. The van der Waals surface area contributed by atoms with Gasteiger partial charge in [-0.15, -0.1) is 0 Å². The van der Waals surface area contributed by atoms with Crippen LogP contribution >= 0.6 is 11.6 Å². The molecule has 0 fully saturated rings. The molecule has 1 heterocycles. The zero-order valence-corrected chi connectivity index (χ0v) is 15.3. The molecule has 0 aliphatic carbocycles. The Kier molecular flexibility index (Phi) is 5.70. The van der Waals surface area contributed by atoms with Crippen molar-refractivity contribution in [2.45, 2.75) is 6.54 Å². The van der Waals surface area contributed by atoms with Crippen molar-refractivity contribution in [1.82, 2.24) is 9.78 Å². The largest absolute Gasteiger partial charge is 0.465 e. The van der Waals surface area contributed by atoms with Crippen LogP contribution < -0.4 is 0 Å². The van der Waals surface area contributed by atoms with Crippen molar-refractivity contribution < 1.29 is 9.53 Å². The van der Waals surface area contributed by atoms with E-state index in [4.69, 9.17) is 11.6 Å². The SMILES string of the molecule is COC(=O)/C(C#N)=C/c1cn(Cc2ccccc2Cl)nc1-c1ccccc1. The summed E-state index contributed by atoms with van der Waals surface area (Å²) in [5, 5.41) is 14.6. The number of carbonyl (C=O) groups excluding carboxylic acids is 1. The molecule has 0 saturated carbocycles. The second kappa shape index (κ2) is 8.35. The van der Waals surface area contributed by atoms with Gasteiger partial charge in [-0.2, -0.15) is 10.4 Å². The summed E-state index contributed by atoms with van der Waals surface area (Å²) in [7, 11) is 1.24. The summed E-state index contributed by atoms with van der Waals surface area (Å²) in [6.45, 7) is 0.466. The van der Waals surface area contributed by atoms with E-state index in [1.807, 2.05) is 60.7 Å². The fraction of sp³-hybridized carbons (Fsp3) is 0.0952. The van der Waals surface area contributed by atoms with Gasteiger partial charge in [0.05, 0.1) is 19.3 Å². The van der Waals surface area contributed by atoms with Crippen molar-refractivity contribution >= 4 is 23.6 Å². The highest BCUT2D eigenvalue weighted by atomic mass is 35.5. The maximum atomic E-state index is 11.8. The lowest BCUT2D eigenvalue weighted by Crippen LogP contribution is -2.02. The van der Waals surface area contributed by atoms with Gasteiger partial charge in [0.2, 0.25) is 0 Å². The van der Waals surface area contributed by atoms with Crippen LogP contribution in [-0.2, 0) is 16.1 Å². The Bertz CT molecular complexity index is 1030. The molecule has 0 N–H and O–H groups in total. The minimum atomic E-state index is -0.685. The van der Waals surface area contributed by atoms with Crippen LogP contribution in [0.15, 0.2) is 66.4 Å². The molecule has 0 atom stereocenters. The van der Waals surface area contributed by atoms with Crippen LogP contribution in [0.1, 0.15) is 11.1 Å². The molecule has 0 bridgehead atoms. The highest BCUT2D eigenvalue weighted by Crippen LogP contribution is 2.25. The van der Waals surface area contributed by atoms with Crippen molar-refractivity contribution in [1.29, 1.82) is 5.26 Å². The molecule has 3 aromatic rings. The number of aromatic nitrogens is 2. The van der Waals surface area contributed by atoms with Crippen LogP contribution in [-0.4, -0.2) is 22.9 Å². The molecular weight excluding hydrogens is 362 g/mol. The molecule has 3 rings (SSSR count). The number of ether oxygens (including phenoxy) is 1. The molecule has 0 amide bonds. The van der Waals surface area contributed by atoms with E-state index in [1.54, 1.807) is 10.9 Å². The second-order valence-electron chi connectivity index (χ2n) is 5.75. The molecule has 0 radical (unpaired) electrons. The van der Waals surface area contributed by atoms with Gasteiger partial charge in [-0.25, -0.2) is 4.79 Å². The quantitative estimate of drug-likeness (QED) is 0.377. The summed E-state index contributed by atoms with van der Waals surface area (Å²) < 4.78 is 6.40. The average molecular weight is 378 g/mol. The molecule has 27 heavy (non-hydrogen) atoms. The molecule has 5 nitrogen and oxygen atoms in total. The summed E-state index contributed by atoms with van der Waals surface area (Å²) >= 11 is 6.25. The van der Waals surface area contributed by atoms with Crippen LogP contribution in [0.2, 0.25) is 5.02 Å². The first-order chi connectivity index (χ1) is 13.1. The monoisotopic (exact) mass is 377 g/mol. The highest BCUT2D eigenvalue weighted by Gasteiger charge is 2.15. The second-order valence-corrected chi connectivity index (χ2v) is 6.16. The van der Waals surface area contributed by atoms with Gasteiger partial charge >= 0.3 is 5.97 Å². The molecule has 0 unspecified atom stereocenters. The van der Waals surface area contributed by atoms with Gasteiger partial charge in [-0.3, -0.25) is 4.68 Å². The maximum Gasteiger partial charge on any atom is 0.348 e. The predicted octanol–water partition coefficient (Wildman–Crippen LogP) is 4.33. The van der Waals surface area contributed by atoms with Crippen molar-refractivity contribution in [2.24, 2.45) is 0 Å². The summed E-state index contributed by atoms with van der Waals surface area (Å²) in [4.78, 5) is 11.8. The van der Waals surface area contributed by atoms with Gasteiger partial charge in [-0.05, 0) is 17.7 Å². The molecular formula is C21H16ClN3O2. The van der Waals surface area contributed by atoms with Gasteiger partial charge in [0.25, 0.3) is 0 Å². The van der Waals surface area contributed by atoms with Crippen LogP contribution in [0, 0.1) is 11.3 Å². The molecule has 134 valence electrons. The Labute approximate surface area is 162 Å². The lowest BCUT2D eigenvalue weighted by molar-refractivity contribution is -0.135. The topological polar surface area (TPSA) is 67.9 Å². The number of halogens is 1. The van der Waals surface area contributed by atoms with Gasteiger partial charge in [-0.1, -0.05) is 60.1 Å². The molecule has 0 aliphatic heterocycles. The van der Waals surface area contributed by atoms with E-state index in [0.29, 0.717) is 22.8 Å². The Balaban J connectivity index is 2.07. The Morgan fingerprint density at radius 2 is 1.93 bits per heavy atom. The molecule has 1 aromatic heterocycles. The number of benzene rings is 2. The van der Waals surface area contributed by atoms with Crippen LogP contribution in [0.3, 0.4) is 0 Å². The number of carbonyl (C=O) groups is 1. The van der Waals surface area contributed by atoms with Gasteiger partial charge < -0.3 is 4.74 Å². The maximum absolute atomic E-state index is 11.8. The third-order valence-electron chi connectivity index (χ3n) is 3.95. The van der Waals surface area contributed by atoms with E-state index >= 15 is 0 Å². The van der Waals surface area contributed by atoms with Crippen molar-refractivity contribution in [3.8, 4) is 17.3 Å². The average Bonchev–Trinajstić information content (AvgIpc) is 3.10. The third-order valence-corrected chi connectivity index (χ3v) is 4.32. The van der Waals surface area contributed by atoms with Crippen molar-refractivity contribution in [2.75, 3.05) is 7.11 Å². The number of nitriles is 1. The number of hydrogen-bond donors (Lipinski definition) is 0. The smallest absolute Gasteiger partial charge is 0.348 e. The molecule has 0 aliphatic rings. The van der Waals surface area contributed by atoms with Crippen molar-refractivity contribution in [3.05, 3.63) is 82.5 Å². The Morgan fingerprint density at radius 1 is 1.22 bits per heavy atom. The molecule has 6 heteroatoms. The predicted molar refractivity (Wildman–Crippen MR) is 104 cm³/mol. The Morgan fingerprint density at radius 3 is 2.59 bits per heavy atom. The molecule has 0 saturated heterocycles. The number of hydrogen-bond acceptors (Lipinski definition) is 4. The molecule has 0 spiro atoms. The number of nitrogens with zero attached hydrogens (tertiary/aromatic N) is 3. The fourth-order valence-corrected chi connectivity index (χ4v) is 2.84. The lowest BCUT2D eigenvalue weighted by atomic mass is 10.1. The van der Waals surface area contributed by atoms with E-state index in [1.165, 1.54) is 13.2 Å². The van der Waals surface area contributed by atoms with Crippen LogP contribution in [0.5, 0.6) is 0 Å². The van der Waals surface area contributed by atoms with Crippen LogP contribution in [0.4, 0.5) is 0 Å². The first kappa shape index (κ1) is 18.4. The van der Waals surface area contributed by atoms with Gasteiger partial charge in [0, 0.05) is 22.3 Å². The number of methoxy groups -OCH3 is 1. The van der Waals surface area contributed by atoms with E-state index < -0.39 is 5.97 Å².